The average molecular weight is 186 g/mol. The molecule has 2 aromatic heterocycles. The first-order chi connectivity index (χ1) is 6.86. The number of aromatic amines is 2. The summed E-state index contributed by atoms with van der Waals surface area (Å²) < 4.78 is 0. The van der Waals surface area contributed by atoms with Crippen LogP contribution in [0.4, 0.5) is 0 Å². The first-order valence-electron chi connectivity index (χ1n) is 4.18. The number of fused-ring (bicyclic) bond motifs is 2. The van der Waals surface area contributed by atoms with Crippen LogP contribution in [0.15, 0.2) is 29.1 Å². The molecular weight excluding hydrogens is 180 g/mol. The maximum atomic E-state index is 11.8. The van der Waals surface area contributed by atoms with E-state index < -0.39 is 0 Å². The summed E-state index contributed by atoms with van der Waals surface area (Å²) in [5.41, 5.74) is 1.53. The summed E-state index contributed by atoms with van der Waals surface area (Å²) in [5, 5.41) is 10.7. The molecule has 0 radical (unpaired) electrons. The Morgan fingerprint density at radius 3 is 2.93 bits per heavy atom. The van der Waals surface area contributed by atoms with Crippen LogP contribution in [0, 0.1) is 0 Å². The van der Waals surface area contributed by atoms with Gasteiger partial charge >= 0.3 is 0 Å². The van der Waals surface area contributed by atoms with Crippen molar-refractivity contribution in [2.24, 2.45) is 0 Å². The molecular formula is C9H6N4O. The summed E-state index contributed by atoms with van der Waals surface area (Å²) in [7, 11) is 0. The predicted molar refractivity (Wildman–Crippen MR) is 52.0 cm³/mol. The molecule has 0 fully saturated rings. The quantitative estimate of drug-likeness (QED) is 0.545. The molecule has 0 bridgehead atoms. The van der Waals surface area contributed by atoms with Gasteiger partial charge in [-0.25, -0.2) is 0 Å². The third-order valence-corrected chi connectivity index (χ3v) is 2.19. The molecule has 0 atom stereocenters. The largest absolute Gasteiger partial charge is 0.336 e. The van der Waals surface area contributed by atoms with Crippen LogP contribution in [0.5, 0.6) is 0 Å². The Morgan fingerprint density at radius 1 is 1.14 bits per heavy atom. The lowest BCUT2D eigenvalue weighted by molar-refractivity contribution is 0.954. The highest BCUT2D eigenvalue weighted by Gasteiger charge is 2.06. The third kappa shape index (κ3) is 0.806. The van der Waals surface area contributed by atoms with E-state index in [0.29, 0.717) is 16.6 Å². The van der Waals surface area contributed by atoms with Gasteiger partial charge in [0.25, 0.3) is 0 Å². The second-order valence-electron chi connectivity index (χ2n) is 3.02. The molecule has 0 aliphatic carbocycles. The lowest BCUT2D eigenvalue weighted by atomic mass is 10.2. The van der Waals surface area contributed by atoms with Crippen molar-refractivity contribution in [3.63, 3.8) is 0 Å². The summed E-state index contributed by atoms with van der Waals surface area (Å²) in [6.07, 6.45) is 0. The van der Waals surface area contributed by atoms with E-state index in [4.69, 9.17) is 0 Å². The standard InChI is InChI=1S/C9H6N4O/c14-8-5-3-1-2-4-6(5)10-9-7(8)11-13-12-9/h1-4H,(H2,10,11,12,13,14). The zero-order chi connectivity index (χ0) is 9.54. The lowest BCUT2D eigenvalue weighted by Crippen LogP contribution is -2.03. The zero-order valence-corrected chi connectivity index (χ0v) is 7.11. The van der Waals surface area contributed by atoms with E-state index in [0.717, 1.165) is 5.52 Å². The van der Waals surface area contributed by atoms with Gasteiger partial charge in [-0.3, -0.25) is 4.79 Å². The molecule has 2 N–H and O–H groups in total. The highest BCUT2D eigenvalue weighted by Crippen LogP contribution is 2.09. The molecule has 5 heteroatoms. The molecule has 0 amide bonds. The fraction of sp³-hybridized carbons (Fsp3) is 0. The molecule has 1 aromatic carbocycles. The van der Waals surface area contributed by atoms with E-state index in [1.54, 1.807) is 6.07 Å². The molecule has 0 spiro atoms. The fourth-order valence-corrected chi connectivity index (χ4v) is 1.52. The highest BCUT2D eigenvalue weighted by atomic mass is 16.1. The van der Waals surface area contributed by atoms with Gasteiger partial charge in [0, 0.05) is 5.39 Å². The smallest absolute Gasteiger partial charge is 0.219 e. The average Bonchev–Trinajstić information content (AvgIpc) is 2.66. The lowest BCUT2D eigenvalue weighted by Gasteiger charge is -1.94. The van der Waals surface area contributed by atoms with Crippen molar-refractivity contribution in [1.82, 2.24) is 20.4 Å². The van der Waals surface area contributed by atoms with Crippen LogP contribution < -0.4 is 5.43 Å². The van der Waals surface area contributed by atoms with Crippen molar-refractivity contribution in [1.29, 1.82) is 0 Å². The van der Waals surface area contributed by atoms with E-state index in [1.807, 2.05) is 18.2 Å². The Hall–Kier alpha value is -2.17. The van der Waals surface area contributed by atoms with E-state index in [9.17, 15) is 4.79 Å². The summed E-state index contributed by atoms with van der Waals surface area (Å²) in [6.45, 7) is 0. The van der Waals surface area contributed by atoms with E-state index >= 15 is 0 Å². The van der Waals surface area contributed by atoms with Crippen molar-refractivity contribution < 1.29 is 0 Å². The van der Waals surface area contributed by atoms with Gasteiger partial charge in [-0.05, 0) is 12.1 Å². The van der Waals surface area contributed by atoms with Crippen LogP contribution in [-0.2, 0) is 0 Å². The van der Waals surface area contributed by atoms with Gasteiger partial charge in [0.1, 0.15) is 0 Å². The number of benzene rings is 1. The number of nitrogens with zero attached hydrogens (tertiary/aromatic N) is 2. The van der Waals surface area contributed by atoms with E-state index in [1.165, 1.54) is 0 Å². The van der Waals surface area contributed by atoms with Crippen LogP contribution in [0.1, 0.15) is 0 Å². The number of hydrogen-bond acceptors (Lipinski definition) is 3. The minimum absolute atomic E-state index is 0.0944. The molecule has 68 valence electrons. The third-order valence-electron chi connectivity index (χ3n) is 2.19. The van der Waals surface area contributed by atoms with E-state index in [2.05, 4.69) is 20.4 Å². The van der Waals surface area contributed by atoms with Gasteiger partial charge in [-0.15, -0.1) is 5.10 Å². The monoisotopic (exact) mass is 186 g/mol. The topological polar surface area (TPSA) is 74.4 Å². The molecule has 0 aliphatic heterocycles. The van der Waals surface area contributed by atoms with Gasteiger partial charge in [-0.1, -0.05) is 12.1 Å². The first-order valence-corrected chi connectivity index (χ1v) is 4.18. The van der Waals surface area contributed by atoms with Crippen molar-refractivity contribution >= 4 is 22.1 Å². The summed E-state index contributed by atoms with van der Waals surface area (Å²) in [6, 6.07) is 7.29. The zero-order valence-electron chi connectivity index (χ0n) is 7.11. The molecule has 3 aromatic rings. The Balaban J connectivity index is 2.70. The molecule has 0 unspecified atom stereocenters. The molecule has 0 saturated heterocycles. The number of aromatic nitrogens is 4. The van der Waals surface area contributed by atoms with Crippen molar-refractivity contribution in [2.75, 3.05) is 0 Å². The molecule has 2 heterocycles. The van der Waals surface area contributed by atoms with Gasteiger partial charge in [0.05, 0.1) is 5.52 Å². The number of pyridine rings is 1. The Labute approximate surface area is 77.8 Å². The normalized spacial score (nSPS) is 11.1. The number of H-pyrrole nitrogens is 2. The Morgan fingerprint density at radius 2 is 2.00 bits per heavy atom. The van der Waals surface area contributed by atoms with Gasteiger partial charge in [0.15, 0.2) is 11.2 Å². The van der Waals surface area contributed by atoms with Crippen LogP contribution in [-0.4, -0.2) is 20.4 Å². The van der Waals surface area contributed by atoms with Gasteiger partial charge < -0.3 is 4.98 Å². The highest BCUT2D eigenvalue weighted by molar-refractivity contribution is 5.88. The predicted octanol–water partition coefficient (Wildman–Crippen LogP) is 0.799. The Bertz CT molecular complexity index is 667. The summed E-state index contributed by atoms with van der Waals surface area (Å²) >= 11 is 0. The molecule has 5 nitrogen and oxygen atoms in total. The summed E-state index contributed by atoms with van der Waals surface area (Å²) in [4.78, 5) is 14.8. The number of hydrogen-bond donors (Lipinski definition) is 2. The van der Waals surface area contributed by atoms with Crippen LogP contribution >= 0.6 is 0 Å². The second-order valence-corrected chi connectivity index (χ2v) is 3.02. The molecule has 3 rings (SSSR count). The summed E-state index contributed by atoms with van der Waals surface area (Å²) in [5.74, 6) is 0. The second kappa shape index (κ2) is 2.41. The van der Waals surface area contributed by atoms with Crippen molar-refractivity contribution in [2.45, 2.75) is 0 Å². The SMILES string of the molecule is O=c1c2ccccc2[nH]c2n[nH]nc12. The van der Waals surface area contributed by atoms with E-state index in [-0.39, 0.29) is 5.43 Å². The number of nitrogens with one attached hydrogen (secondary N) is 2. The van der Waals surface area contributed by atoms with Gasteiger partial charge in [-0.2, -0.15) is 10.3 Å². The van der Waals surface area contributed by atoms with Crippen LogP contribution in [0.3, 0.4) is 0 Å². The molecule has 0 aliphatic rings. The minimum Gasteiger partial charge on any atom is -0.336 e. The van der Waals surface area contributed by atoms with Crippen molar-refractivity contribution in [3.8, 4) is 0 Å². The van der Waals surface area contributed by atoms with Crippen molar-refractivity contribution in [3.05, 3.63) is 34.5 Å². The van der Waals surface area contributed by atoms with Gasteiger partial charge in [0.2, 0.25) is 5.43 Å². The minimum atomic E-state index is -0.0944. The number of para-hydroxylation sites is 1. The maximum Gasteiger partial charge on any atom is 0.219 e. The Kier molecular flexibility index (Phi) is 1.25. The first kappa shape index (κ1) is 7.25. The van der Waals surface area contributed by atoms with Crippen LogP contribution in [0.2, 0.25) is 0 Å². The maximum absolute atomic E-state index is 11.8. The molecule has 14 heavy (non-hydrogen) atoms. The number of rotatable bonds is 0. The van der Waals surface area contributed by atoms with Crippen LogP contribution in [0.25, 0.3) is 22.1 Å². The molecule has 0 saturated carbocycles. The fourth-order valence-electron chi connectivity index (χ4n) is 1.52.